The minimum absolute atomic E-state index is 0.864. The van der Waals surface area contributed by atoms with Gasteiger partial charge < -0.3 is 13.4 Å². The van der Waals surface area contributed by atoms with Crippen molar-refractivity contribution in [3.05, 3.63) is 182 Å². The molecule has 0 radical (unpaired) electrons. The van der Waals surface area contributed by atoms with Gasteiger partial charge in [-0.2, -0.15) is 0 Å². The second-order valence-electron chi connectivity index (χ2n) is 14.1. The zero-order valence-corrected chi connectivity index (χ0v) is 29.0. The van der Waals surface area contributed by atoms with Gasteiger partial charge in [0.15, 0.2) is 0 Å². The second kappa shape index (κ2) is 11.1. The van der Waals surface area contributed by atoms with Gasteiger partial charge in [-0.25, -0.2) is 0 Å². The average molecular weight is 691 g/mol. The van der Waals surface area contributed by atoms with Crippen molar-refractivity contribution >= 4 is 76.7 Å². The topological polar surface area (TPSA) is 36.1 Å². The first-order chi connectivity index (χ1) is 26.8. The lowest BCUT2D eigenvalue weighted by molar-refractivity contribution is 0.646. The molecule has 12 rings (SSSR count). The number of benzene rings is 8. The first-order valence-electron chi connectivity index (χ1n) is 18.3. The van der Waals surface area contributed by atoms with Crippen LogP contribution in [0.4, 0.5) is 0 Å². The normalized spacial score (nSPS) is 12.1. The molecule has 0 aliphatic heterocycles. The third-order valence-electron chi connectivity index (χ3n) is 11.1. The summed E-state index contributed by atoms with van der Waals surface area (Å²) in [7, 11) is 0. The molecule has 0 N–H and O–H groups in total. The van der Waals surface area contributed by atoms with E-state index < -0.39 is 0 Å². The predicted octanol–water partition coefficient (Wildman–Crippen LogP) is 13.9. The van der Waals surface area contributed by atoms with Crippen LogP contribution in [0, 0.1) is 0 Å². The summed E-state index contributed by atoms with van der Waals surface area (Å²) in [5.74, 6) is 0. The highest BCUT2D eigenvalue weighted by atomic mass is 16.3. The van der Waals surface area contributed by atoms with Gasteiger partial charge in [-0.05, 0) is 83.4 Å². The van der Waals surface area contributed by atoms with E-state index in [0.717, 1.165) is 83.2 Å². The molecule has 0 atom stereocenters. The summed E-state index contributed by atoms with van der Waals surface area (Å²) in [6.45, 7) is 0. The van der Waals surface area contributed by atoms with Crippen molar-refractivity contribution in [2.45, 2.75) is 0 Å². The van der Waals surface area contributed by atoms with E-state index in [2.05, 4.69) is 173 Å². The number of hydrogen-bond donors (Lipinski definition) is 0. The number of furan rings is 2. The predicted molar refractivity (Wildman–Crippen MR) is 223 cm³/mol. The lowest BCUT2D eigenvalue weighted by Crippen LogP contribution is -1.94. The van der Waals surface area contributed by atoms with Gasteiger partial charge in [-0.1, -0.05) is 115 Å². The molecule has 0 fully saturated rings. The van der Waals surface area contributed by atoms with Crippen LogP contribution in [-0.2, 0) is 0 Å². The Morgan fingerprint density at radius 2 is 0.944 bits per heavy atom. The summed E-state index contributed by atoms with van der Waals surface area (Å²) in [4.78, 5) is 0. The highest BCUT2D eigenvalue weighted by Crippen LogP contribution is 2.43. The molecule has 0 aliphatic carbocycles. The standard InChI is InChI=1S/C50H30N2O2/c1-2-11-34(12-3-1)52-44-19-8-5-15-40(44)48-41-17-10-16-36(49(41)54-50(48)52)31-21-25-35(26-22-31)51-43-18-7-4-13-37(43)42-29-32(24-28-45(42)51)33-23-27-39-38-14-6-9-20-46(38)53-47(39)30-33/h1-30H. The number of nitrogens with zero attached hydrogens (tertiary/aromatic N) is 2. The molecule has 12 aromatic rings. The fourth-order valence-corrected chi connectivity index (χ4v) is 8.70. The number of hydrogen-bond acceptors (Lipinski definition) is 2. The van der Waals surface area contributed by atoms with Crippen molar-refractivity contribution in [2.75, 3.05) is 0 Å². The molecular weight excluding hydrogens is 661 g/mol. The average Bonchev–Trinajstić information content (AvgIpc) is 3.98. The van der Waals surface area contributed by atoms with Crippen LogP contribution in [0.2, 0.25) is 0 Å². The minimum Gasteiger partial charge on any atom is -0.456 e. The van der Waals surface area contributed by atoms with Gasteiger partial charge in [0.1, 0.15) is 16.7 Å². The Labute approximate surface area is 309 Å². The van der Waals surface area contributed by atoms with E-state index in [1.165, 1.54) is 27.2 Å². The first kappa shape index (κ1) is 29.3. The Kier molecular flexibility index (Phi) is 6.02. The molecular formula is C50H30N2O2. The van der Waals surface area contributed by atoms with Crippen LogP contribution in [0.3, 0.4) is 0 Å². The molecule has 4 nitrogen and oxygen atoms in total. The van der Waals surface area contributed by atoms with Crippen LogP contribution in [-0.4, -0.2) is 9.13 Å². The van der Waals surface area contributed by atoms with Crippen LogP contribution in [0.1, 0.15) is 0 Å². The van der Waals surface area contributed by atoms with E-state index in [-0.39, 0.29) is 0 Å². The Morgan fingerprint density at radius 1 is 0.333 bits per heavy atom. The summed E-state index contributed by atoms with van der Waals surface area (Å²) < 4.78 is 17.7. The van der Waals surface area contributed by atoms with Crippen LogP contribution in [0.25, 0.3) is 110 Å². The quantitative estimate of drug-likeness (QED) is 0.184. The lowest BCUT2D eigenvalue weighted by Gasteiger charge is -2.10. The van der Waals surface area contributed by atoms with Gasteiger partial charge >= 0.3 is 0 Å². The smallest absolute Gasteiger partial charge is 0.213 e. The number of aromatic nitrogens is 2. The third-order valence-corrected chi connectivity index (χ3v) is 11.1. The van der Waals surface area contributed by atoms with Crippen LogP contribution in [0.15, 0.2) is 191 Å². The molecule has 0 bridgehead atoms. The van der Waals surface area contributed by atoms with E-state index in [4.69, 9.17) is 8.83 Å². The zero-order chi connectivity index (χ0) is 35.3. The SMILES string of the molecule is c1ccc(-n2c3ccccc3c3c4cccc(-c5ccc(-n6c7ccccc7c7cc(-c8ccc9c(c8)oc8ccccc89)ccc76)cc5)c4oc32)cc1. The van der Waals surface area contributed by atoms with Crippen molar-refractivity contribution in [2.24, 2.45) is 0 Å². The first-order valence-corrected chi connectivity index (χ1v) is 18.3. The molecule has 4 heterocycles. The van der Waals surface area contributed by atoms with Gasteiger partial charge in [-0.3, -0.25) is 4.57 Å². The second-order valence-corrected chi connectivity index (χ2v) is 14.1. The fraction of sp³-hybridized carbons (Fsp3) is 0. The largest absolute Gasteiger partial charge is 0.456 e. The molecule has 0 unspecified atom stereocenters. The van der Waals surface area contributed by atoms with Gasteiger partial charge in [0, 0.05) is 49.3 Å². The van der Waals surface area contributed by atoms with Crippen molar-refractivity contribution in [3.63, 3.8) is 0 Å². The molecule has 0 spiro atoms. The minimum atomic E-state index is 0.864. The number of rotatable bonds is 4. The fourth-order valence-electron chi connectivity index (χ4n) is 8.70. The Bertz CT molecular complexity index is 3430. The van der Waals surface area contributed by atoms with E-state index in [1.54, 1.807) is 0 Å². The summed E-state index contributed by atoms with van der Waals surface area (Å²) in [5.41, 5.74) is 13.7. The molecule has 0 amide bonds. The molecule has 0 aliphatic rings. The van der Waals surface area contributed by atoms with Crippen molar-refractivity contribution in [3.8, 4) is 33.6 Å². The molecule has 252 valence electrons. The summed E-state index contributed by atoms with van der Waals surface area (Å²) in [5, 5.41) is 8.18. The molecule has 8 aromatic carbocycles. The highest BCUT2D eigenvalue weighted by Gasteiger charge is 2.21. The maximum absolute atomic E-state index is 6.86. The highest BCUT2D eigenvalue weighted by molar-refractivity contribution is 6.21. The maximum atomic E-state index is 6.86. The van der Waals surface area contributed by atoms with E-state index in [1.807, 2.05) is 18.2 Å². The van der Waals surface area contributed by atoms with Crippen LogP contribution in [0.5, 0.6) is 0 Å². The van der Waals surface area contributed by atoms with Gasteiger partial charge in [0.2, 0.25) is 5.71 Å². The zero-order valence-electron chi connectivity index (χ0n) is 29.0. The summed E-state index contributed by atoms with van der Waals surface area (Å²) in [6, 6.07) is 64.7. The Morgan fingerprint density at radius 3 is 1.80 bits per heavy atom. The van der Waals surface area contributed by atoms with E-state index in [9.17, 15) is 0 Å². The van der Waals surface area contributed by atoms with Gasteiger partial charge in [0.25, 0.3) is 0 Å². The molecule has 4 heteroatoms. The Hall–Kier alpha value is -7.30. The van der Waals surface area contributed by atoms with Crippen molar-refractivity contribution < 1.29 is 8.83 Å². The summed E-state index contributed by atoms with van der Waals surface area (Å²) in [6.07, 6.45) is 0. The number of para-hydroxylation sites is 5. The Balaban J connectivity index is 0.977. The monoisotopic (exact) mass is 690 g/mol. The molecule has 0 saturated heterocycles. The molecule has 4 aromatic heterocycles. The lowest BCUT2D eigenvalue weighted by atomic mass is 10.0. The van der Waals surface area contributed by atoms with Gasteiger partial charge in [0.05, 0.1) is 21.9 Å². The van der Waals surface area contributed by atoms with Crippen molar-refractivity contribution in [1.29, 1.82) is 0 Å². The number of fused-ring (bicyclic) bond motifs is 11. The molecule has 54 heavy (non-hydrogen) atoms. The van der Waals surface area contributed by atoms with Crippen LogP contribution >= 0.6 is 0 Å². The van der Waals surface area contributed by atoms with E-state index in [0.29, 0.717) is 0 Å². The van der Waals surface area contributed by atoms with Crippen molar-refractivity contribution in [1.82, 2.24) is 9.13 Å². The van der Waals surface area contributed by atoms with E-state index >= 15 is 0 Å². The maximum Gasteiger partial charge on any atom is 0.213 e. The van der Waals surface area contributed by atoms with Gasteiger partial charge in [-0.15, -0.1) is 0 Å². The third kappa shape index (κ3) is 4.13. The summed E-state index contributed by atoms with van der Waals surface area (Å²) >= 11 is 0. The molecule has 0 saturated carbocycles. The van der Waals surface area contributed by atoms with Crippen LogP contribution < -0.4 is 0 Å².